The van der Waals surface area contributed by atoms with Crippen LogP contribution in [-0.2, 0) is 0 Å². The molecule has 0 bridgehead atoms. The van der Waals surface area contributed by atoms with E-state index in [4.69, 9.17) is 18.9 Å². The first-order chi connectivity index (χ1) is 17.6. The number of benzene rings is 3. The van der Waals surface area contributed by atoms with E-state index in [1.165, 1.54) is 18.5 Å². The van der Waals surface area contributed by atoms with Gasteiger partial charge in [-0.1, -0.05) is 24.3 Å². The van der Waals surface area contributed by atoms with E-state index in [-0.39, 0.29) is 5.82 Å². The molecule has 2 aliphatic heterocycles. The molecule has 182 valence electrons. The SMILES string of the molecule is COc1cc([C@H]2Oc3ccccc3C3=C2[C@H](c2ccc(F)cc2)n2ncnc2N3)cc(OC)c1OC. The second-order valence-electron chi connectivity index (χ2n) is 8.39. The second kappa shape index (κ2) is 8.60. The fraction of sp³-hybridized carbons (Fsp3) is 0.185. The van der Waals surface area contributed by atoms with Crippen molar-refractivity contribution in [2.24, 2.45) is 0 Å². The van der Waals surface area contributed by atoms with Gasteiger partial charge in [-0.3, -0.25) is 0 Å². The molecule has 6 rings (SSSR count). The fourth-order valence-electron chi connectivity index (χ4n) is 4.91. The number of para-hydroxylation sites is 1. The van der Waals surface area contributed by atoms with Crippen LogP contribution >= 0.6 is 0 Å². The number of nitrogens with zero attached hydrogens (tertiary/aromatic N) is 3. The van der Waals surface area contributed by atoms with Crippen LogP contribution in [0.25, 0.3) is 5.70 Å². The first-order valence-corrected chi connectivity index (χ1v) is 11.3. The van der Waals surface area contributed by atoms with Crippen LogP contribution in [0.5, 0.6) is 23.0 Å². The smallest absolute Gasteiger partial charge is 0.226 e. The Morgan fingerprint density at radius 3 is 2.33 bits per heavy atom. The quantitative estimate of drug-likeness (QED) is 0.425. The summed E-state index contributed by atoms with van der Waals surface area (Å²) in [5.74, 6) is 2.51. The van der Waals surface area contributed by atoms with Crippen molar-refractivity contribution in [3.05, 3.63) is 95.1 Å². The van der Waals surface area contributed by atoms with E-state index in [2.05, 4.69) is 15.4 Å². The molecule has 0 unspecified atom stereocenters. The molecule has 0 saturated carbocycles. The molecule has 3 aromatic carbocycles. The van der Waals surface area contributed by atoms with E-state index >= 15 is 0 Å². The third kappa shape index (κ3) is 3.35. The van der Waals surface area contributed by atoms with Crippen LogP contribution in [0.15, 0.2) is 72.6 Å². The molecule has 4 aromatic rings. The van der Waals surface area contributed by atoms with Gasteiger partial charge < -0.3 is 24.3 Å². The lowest BCUT2D eigenvalue weighted by molar-refractivity contribution is 0.221. The zero-order chi connectivity index (χ0) is 24.8. The van der Waals surface area contributed by atoms with Gasteiger partial charge >= 0.3 is 0 Å². The number of nitrogens with one attached hydrogen (secondary N) is 1. The van der Waals surface area contributed by atoms with Gasteiger partial charge in [-0.15, -0.1) is 0 Å². The molecule has 1 aromatic heterocycles. The average Bonchev–Trinajstić information content (AvgIpc) is 3.39. The maximum absolute atomic E-state index is 13.9. The molecule has 36 heavy (non-hydrogen) atoms. The Hall–Kier alpha value is -4.53. The van der Waals surface area contributed by atoms with Crippen molar-refractivity contribution in [3.8, 4) is 23.0 Å². The summed E-state index contributed by atoms with van der Waals surface area (Å²) in [5, 5.41) is 7.95. The molecule has 0 fully saturated rings. The van der Waals surface area contributed by atoms with Gasteiger partial charge in [-0.05, 0) is 42.0 Å². The maximum atomic E-state index is 13.9. The minimum atomic E-state index is -0.552. The molecule has 9 heteroatoms. The van der Waals surface area contributed by atoms with Crippen molar-refractivity contribution in [2.45, 2.75) is 12.1 Å². The van der Waals surface area contributed by atoms with E-state index in [1.807, 2.05) is 36.4 Å². The normalized spacial score (nSPS) is 17.8. The van der Waals surface area contributed by atoms with E-state index < -0.39 is 12.1 Å². The van der Waals surface area contributed by atoms with Gasteiger partial charge in [-0.2, -0.15) is 10.1 Å². The van der Waals surface area contributed by atoms with E-state index in [0.717, 1.165) is 28.0 Å². The first kappa shape index (κ1) is 22.0. The van der Waals surface area contributed by atoms with Crippen LogP contribution in [-0.4, -0.2) is 36.1 Å². The summed E-state index contributed by atoms with van der Waals surface area (Å²) in [7, 11) is 4.72. The van der Waals surface area contributed by atoms with Gasteiger partial charge in [-0.25, -0.2) is 9.07 Å². The first-order valence-electron chi connectivity index (χ1n) is 11.3. The Morgan fingerprint density at radius 1 is 0.917 bits per heavy atom. The van der Waals surface area contributed by atoms with Gasteiger partial charge in [0.15, 0.2) is 11.5 Å². The van der Waals surface area contributed by atoms with Crippen LogP contribution in [0.1, 0.15) is 28.8 Å². The highest BCUT2D eigenvalue weighted by molar-refractivity contribution is 5.85. The second-order valence-corrected chi connectivity index (χ2v) is 8.39. The zero-order valence-corrected chi connectivity index (χ0v) is 19.9. The molecular weight excluding hydrogens is 463 g/mol. The van der Waals surface area contributed by atoms with Crippen LogP contribution in [0, 0.1) is 5.82 Å². The molecule has 0 spiro atoms. The lowest BCUT2D eigenvalue weighted by Gasteiger charge is -2.39. The van der Waals surface area contributed by atoms with Gasteiger partial charge in [0.05, 0.1) is 27.0 Å². The van der Waals surface area contributed by atoms with E-state index in [1.54, 1.807) is 38.1 Å². The fourth-order valence-corrected chi connectivity index (χ4v) is 4.91. The standard InChI is InChI=1S/C27H23FN4O4/c1-33-20-12-16(13-21(34-2)26(20)35-3)25-22-23(18-6-4-5-7-19(18)36-25)31-27-29-14-30-32(27)24(22)15-8-10-17(28)11-9-15/h4-14,24-25H,1-3H3,(H,29,30,31)/t24-,25+/m0/s1. The summed E-state index contributed by atoms with van der Waals surface area (Å²) in [6.45, 7) is 0. The lowest BCUT2D eigenvalue weighted by atomic mass is 9.84. The number of rotatable bonds is 5. The summed E-state index contributed by atoms with van der Waals surface area (Å²) in [5.41, 5.74) is 4.30. The van der Waals surface area contributed by atoms with Crippen LogP contribution in [0.3, 0.4) is 0 Å². The molecule has 1 N–H and O–H groups in total. The Morgan fingerprint density at radius 2 is 1.64 bits per heavy atom. The summed E-state index contributed by atoms with van der Waals surface area (Å²) in [4.78, 5) is 4.42. The highest BCUT2D eigenvalue weighted by atomic mass is 19.1. The number of ether oxygens (including phenoxy) is 4. The van der Waals surface area contributed by atoms with Crippen LogP contribution in [0.2, 0.25) is 0 Å². The molecule has 2 aliphatic rings. The predicted molar refractivity (Wildman–Crippen MR) is 131 cm³/mol. The highest BCUT2D eigenvalue weighted by Gasteiger charge is 2.41. The zero-order valence-electron chi connectivity index (χ0n) is 19.9. The highest BCUT2D eigenvalue weighted by Crippen LogP contribution is 2.52. The number of anilines is 1. The van der Waals surface area contributed by atoms with Crippen molar-refractivity contribution in [1.82, 2.24) is 14.8 Å². The summed E-state index contributed by atoms with van der Waals surface area (Å²) >= 11 is 0. The average molecular weight is 487 g/mol. The van der Waals surface area contributed by atoms with Crippen molar-refractivity contribution >= 4 is 11.6 Å². The lowest BCUT2D eigenvalue weighted by Crippen LogP contribution is -2.32. The Labute approximate surface area is 206 Å². The third-order valence-corrected chi connectivity index (χ3v) is 6.50. The molecule has 0 saturated heterocycles. The number of methoxy groups -OCH3 is 3. The summed E-state index contributed by atoms with van der Waals surface area (Å²) < 4.78 is 39.1. The summed E-state index contributed by atoms with van der Waals surface area (Å²) in [6, 6.07) is 17.6. The summed E-state index contributed by atoms with van der Waals surface area (Å²) in [6.07, 6.45) is 0.946. The topological polar surface area (TPSA) is 79.7 Å². The largest absolute Gasteiger partial charge is 0.493 e. The molecule has 0 aliphatic carbocycles. The number of fused-ring (bicyclic) bond motifs is 3. The van der Waals surface area contributed by atoms with Crippen molar-refractivity contribution in [3.63, 3.8) is 0 Å². The number of hydrogen-bond donors (Lipinski definition) is 1. The monoisotopic (exact) mass is 486 g/mol. The van der Waals surface area contributed by atoms with E-state index in [0.29, 0.717) is 28.9 Å². The van der Waals surface area contributed by atoms with Gasteiger partial charge in [0.1, 0.15) is 30.0 Å². The predicted octanol–water partition coefficient (Wildman–Crippen LogP) is 5.00. The van der Waals surface area contributed by atoms with Crippen LogP contribution < -0.4 is 24.3 Å². The van der Waals surface area contributed by atoms with Crippen molar-refractivity contribution in [2.75, 3.05) is 26.6 Å². The Balaban J connectivity index is 1.62. The van der Waals surface area contributed by atoms with Gasteiger partial charge in [0.2, 0.25) is 11.7 Å². The molecular formula is C27H23FN4O4. The Kier molecular flexibility index (Phi) is 5.25. The molecule has 0 radical (unpaired) electrons. The molecule has 2 atom stereocenters. The number of hydrogen-bond acceptors (Lipinski definition) is 7. The third-order valence-electron chi connectivity index (χ3n) is 6.50. The molecule has 0 amide bonds. The van der Waals surface area contributed by atoms with E-state index in [9.17, 15) is 4.39 Å². The molecule has 3 heterocycles. The molecule has 8 nitrogen and oxygen atoms in total. The number of halogens is 1. The minimum Gasteiger partial charge on any atom is -0.493 e. The minimum absolute atomic E-state index is 0.313. The van der Waals surface area contributed by atoms with Crippen molar-refractivity contribution < 1.29 is 23.3 Å². The Bertz CT molecular complexity index is 1460. The maximum Gasteiger partial charge on any atom is 0.226 e. The van der Waals surface area contributed by atoms with Crippen molar-refractivity contribution in [1.29, 1.82) is 0 Å². The van der Waals surface area contributed by atoms with Crippen LogP contribution in [0.4, 0.5) is 10.3 Å². The van der Waals surface area contributed by atoms with Gasteiger partial charge in [0, 0.05) is 16.7 Å². The van der Waals surface area contributed by atoms with Gasteiger partial charge in [0.25, 0.3) is 0 Å². The number of aromatic nitrogens is 3.